The molecular formula is C19H21NO6. The van der Waals surface area contributed by atoms with Crippen molar-refractivity contribution in [2.75, 3.05) is 19.8 Å². The van der Waals surface area contributed by atoms with Gasteiger partial charge in [0.2, 0.25) is 5.91 Å². The molecule has 2 heterocycles. The molecule has 3 rings (SSSR count). The highest BCUT2D eigenvalue weighted by atomic mass is 16.6. The number of benzene rings is 1. The quantitative estimate of drug-likeness (QED) is 0.421. The molecule has 1 aliphatic heterocycles. The van der Waals surface area contributed by atoms with Crippen molar-refractivity contribution in [3.63, 3.8) is 0 Å². The Labute approximate surface area is 151 Å². The van der Waals surface area contributed by atoms with Gasteiger partial charge in [0.1, 0.15) is 19.0 Å². The van der Waals surface area contributed by atoms with E-state index in [1.807, 2.05) is 12.1 Å². The van der Waals surface area contributed by atoms with E-state index >= 15 is 0 Å². The summed E-state index contributed by atoms with van der Waals surface area (Å²) in [6.07, 6.45) is 3.25. The molecule has 26 heavy (non-hydrogen) atoms. The number of carbonyl (C=O) groups excluding carboxylic acids is 2. The molecule has 0 saturated heterocycles. The minimum Gasteiger partial charge on any atom is -0.486 e. The third-order valence-electron chi connectivity index (χ3n) is 3.88. The maximum absolute atomic E-state index is 12.2. The van der Waals surface area contributed by atoms with Gasteiger partial charge in [0, 0.05) is 24.8 Å². The first-order chi connectivity index (χ1) is 12.7. The van der Waals surface area contributed by atoms with E-state index in [1.54, 1.807) is 24.5 Å². The first-order valence-corrected chi connectivity index (χ1v) is 8.58. The molecule has 1 N–H and O–H groups in total. The summed E-state index contributed by atoms with van der Waals surface area (Å²) in [6.45, 7) is 1.34. The second-order valence-corrected chi connectivity index (χ2v) is 5.84. The Balaban J connectivity index is 1.34. The molecule has 2 aromatic rings. The summed E-state index contributed by atoms with van der Waals surface area (Å²) in [7, 11) is 0. The summed E-state index contributed by atoms with van der Waals surface area (Å²) in [5, 5.41) is 0. The molecule has 1 aliphatic rings. The Hall–Kier alpha value is -2.80. The summed E-state index contributed by atoms with van der Waals surface area (Å²) in [5.41, 5.74) is 2.85. The molecular weight excluding hydrogens is 338 g/mol. The molecule has 138 valence electrons. The molecule has 0 bridgehead atoms. The lowest BCUT2D eigenvalue weighted by Crippen LogP contribution is -2.24. The number of amides is 1. The number of carbonyl (C=O) groups is 2. The molecule has 0 aliphatic carbocycles. The van der Waals surface area contributed by atoms with Crippen LogP contribution in [0.1, 0.15) is 35.4 Å². The number of ketones is 1. The lowest BCUT2D eigenvalue weighted by molar-refractivity contribution is -0.133. The second-order valence-electron chi connectivity index (χ2n) is 5.84. The van der Waals surface area contributed by atoms with E-state index in [9.17, 15) is 9.59 Å². The number of rotatable bonds is 9. The van der Waals surface area contributed by atoms with Crippen molar-refractivity contribution in [1.29, 1.82) is 0 Å². The minimum absolute atomic E-state index is 0.0610. The van der Waals surface area contributed by atoms with Gasteiger partial charge in [0.05, 0.1) is 12.9 Å². The Morgan fingerprint density at radius 1 is 1.08 bits per heavy atom. The highest BCUT2D eigenvalue weighted by Gasteiger charge is 2.15. The maximum atomic E-state index is 12.2. The van der Waals surface area contributed by atoms with Crippen LogP contribution in [0.5, 0.6) is 11.5 Å². The zero-order valence-corrected chi connectivity index (χ0v) is 14.4. The number of furan rings is 1. The molecule has 7 nitrogen and oxygen atoms in total. The zero-order chi connectivity index (χ0) is 18.2. The molecule has 1 amide bonds. The van der Waals surface area contributed by atoms with Crippen molar-refractivity contribution >= 4 is 11.7 Å². The number of hydroxylamine groups is 1. The van der Waals surface area contributed by atoms with Gasteiger partial charge in [-0.05, 0) is 36.8 Å². The average molecular weight is 359 g/mol. The largest absolute Gasteiger partial charge is 0.486 e. The van der Waals surface area contributed by atoms with Crippen LogP contribution >= 0.6 is 0 Å². The van der Waals surface area contributed by atoms with Crippen LogP contribution in [0.2, 0.25) is 0 Å². The smallest absolute Gasteiger partial charge is 0.243 e. The van der Waals surface area contributed by atoms with Crippen LogP contribution in [0, 0.1) is 0 Å². The molecule has 1 aromatic carbocycles. The second kappa shape index (κ2) is 9.05. The van der Waals surface area contributed by atoms with E-state index in [0.717, 1.165) is 18.6 Å². The number of aryl methyl sites for hydroxylation is 1. The van der Waals surface area contributed by atoms with Crippen LogP contribution in [0.15, 0.2) is 41.0 Å². The summed E-state index contributed by atoms with van der Waals surface area (Å²) < 4.78 is 16.1. The zero-order valence-electron chi connectivity index (χ0n) is 14.4. The van der Waals surface area contributed by atoms with Crippen molar-refractivity contribution in [2.45, 2.75) is 25.7 Å². The fourth-order valence-electron chi connectivity index (χ4n) is 2.54. The Morgan fingerprint density at radius 3 is 2.73 bits per heavy atom. The fraction of sp³-hybridized carbons (Fsp3) is 0.368. The molecule has 1 aromatic heterocycles. The summed E-state index contributed by atoms with van der Waals surface area (Å²) in [6, 6.07) is 8.77. The van der Waals surface area contributed by atoms with E-state index in [1.165, 1.54) is 0 Å². The third kappa shape index (κ3) is 5.10. The van der Waals surface area contributed by atoms with Gasteiger partial charge >= 0.3 is 0 Å². The molecule has 0 atom stereocenters. The Kier molecular flexibility index (Phi) is 6.27. The lowest BCUT2D eigenvalue weighted by Gasteiger charge is -2.18. The molecule has 0 unspecified atom stereocenters. The highest BCUT2D eigenvalue weighted by molar-refractivity contribution is 5.98. The molecule has 0 saturated carbocycles. The molecule has 0 radical (unpaired) electrons. The Bertz CT molecular complexity index is 740. The van der Waals surface area contributed by atoms with Crippen LogP contribution in [0.25, 0.3) is 0 Å². The van der Waals surface area contributed by atoms with E-state index < -0.39 is 0 Å². The summed E-state index contributed by atoms with van der Waals surface area (Å²) in [5.74, 6) is 1.62. The van der Waals surface area contributed by atoms with Crippen LogP contribution in [0.3, 0.4) is 0 Å². The van der Waals surface area contributed by atoms with Crippen molar-refractivity contribution in [1.82, 2.24) is 5.48 Å². The topological polar surface area (TPSA) is 87.0 Å². The first kappa shape index (κ1) is 18.0. The number of fused-ring (bicyclic) bond motifs is 1. The average Bonchev–Trinajstić information content (AvgIpc) is 3.19. The monoisotopic (exact) mass is 359 g/mol. The van der Waals surface area contributed by atoms with Crippen LogP contribution in [0.4, 0.5) is 0 Å². The minimum atomic E-state index is -0.325. The SMILES string of the molecule is O=C(CCC(=O)c1ccc2c(c1)OCCO2)NOCCCc1ccco1. The predicted molar refractivity (Wildman–Crippen MR) is 92.1 cm³/mol. The normalized spacial score (nSPS) is 12.6. The number of Topliss-reactive ketones (excluding diaryl/α,β-unsaturated/α-hetero) is 1. The molecule has 0 spiro atoms. The van der Waals surface area contributed by atoms with Crippen molar-refractivity contribution < 1.29 is 28.3 Å². The summed E-state index contributed by atoms with van der Waals surface area (Å²) in [4.78, 5) is 29.1. The fourth-order valence-corrected chi connectivity index (χ4v) is 2.54. The number of hydrogen-bond donors (Lipinski definition) is 1. The third-order valence-corrected chi connectivity index (χ3v) is 3.88. The van der Waals surface area contributed by atoms with Gasteiger partial charge in [-0.25, -0.2) is 5.48 Å². The first-order valence-electron chi connectivity index (χ1n) is 8.58. The van der Waals surface area contributed by atoms with E-state index in [4.69, 9.17) is 18.7 Å². The maximum Gasteiger partial charge on any atom is 0.243 e. The van der Waals surface area contributed by atoms with E-state index in [-0.39, 0.29) is 24.5 Å². The van der Waals surface area contributed by atoms with E-state index in [2.05, 4.69) is 5.48 Å². The van der Waals surface area contributed by atoms with Crippen LogP contribution in [-0.2, 0) is 16.1 Å². The lowest BCUT2D eigenvalue weighted by atomic mass is 10.1. The van der Waals surface area contributed by atoms with Gasteiger partial charge in [-0.3, -0.25) is 14.4 Å². The van der Waals surface area contributed by atoms with Gasteiger partial charge in [-0.2, -0.15) is 0 Å². The number of ether oxygens (including phenoxy) is 2. The van der Waals surface area contributed by atoms with Gasteiger partial charge in [0.15, 0.2) is 17.3 Å². The Morgan fingerprint density at radius 2 is 1.92 bits per heavy atom. The summed E-state index contributed by atoms with van der Waals surface area (Å²) >= 11 is 0. The van der Waals surface area contributed by atoms with E-state index in [0.29, 0.717) is 36.9 Å². The van der Waals surface area contributed by atoms with Crippen molar-refractivity contribution in [2.24, 2.45) is 0 Å². The molecule has 7 heteroatoms. The van der Waals surface area contributed by atoms with Gasteiger partial charge in [0.25, 0.3) is 0 Å². The predicted octanol–water partition coefficient (Wildman–Crippen LogP) is 2.69. The van der Waals surface area contributed by atoms with Gasteiger partial charge in [-0.15, -0.1) is 0 Å². The number of hydrogen-bond acceptors (Lipinski definition) is 6. The standard InChI is InChI=1S/C19H21NO6/c21-16(14-5-7-17-18(13-14)25-12-11-24-17)6-8-19(22)20-26-10-2-4-15-3-1-9-23-15/h1,3,5,7,9,13H,2,4,6,8,10-12H2,(H,20,22). The number of nitrogens with one attached hydrogen (secondary N) is 1. The van der Waals surface area contributed by atoms with Crippen molar-refractivity contribution in [3.05, 3.63) is 47.9 Å². The van der Waals surface area contributed by atoms with Crippen LogP contribution in [-0.4, -0.2) is 31.5 Å². The van der Waals surface area contributed by atoms with Crippen molar-refractivity contribution in [3.8, 4) is 11.5 Å². The van der Waals surface area contributed by atoms with Gasteiger partial charge in [-0.1, -0.05) is 0 Å². The van der Waals surface area contributed by atoms with Gasteiger partial charge < -0.3 is 13.9 Å². The highest BCUT2D eigenvalue weighted by Crippen LogP contribution is 2.31. The van der Waals surface area contributed by atoms with Crippen LogP contribution < -0.4 is 15.0 Å². The molecule has 0 fully saturated rings.